The van der Waals surface area contributed by atoms with E-state index in [9.17, 15) is 0 Å². The van der Waals surface area contributed by atoms with Crippen LogP contribution < -0.4 is 10.6 Å². The van der Waals surface area contributed by atoms with E-state index in [-0.39, 0.29) is 0 Å². The maximum atomic E-state index is 6.14. The van der Waals surface area contributed by atoms with Crippen LogP contribution in [0.5, 0.6) is 0 Å². The Morgan fingerprint density at radius 1 is 0.762 bits per heavy atom. The van der Waals surface area contributed by atoms with Gasteiger partial charge in [0, 0.05) is 10.9 Å². The van der Waals surface area contributed by atoms with Gasteiger partial charge in [0.05, 0.1) is 0 Å². The number of benzene rings is 2. The Hall–Kier alpha value is -1.47. The first kappa shape index (κ1) is 14.5. The number of hydrogen-bond acceptors (Lipinski definition) is 2. The molecule has 0 amide bonds. The van der Waals surface area contributed by atoms with Crippen LogP contribution in [0, 0.1) is 0 Å². The van der Waals surface area contributed by atoms with E-state index in [0.717, 1.165) is 0 Å². The van der Waals surface area contributed by atoms with Crippen LogP contribution in [-0.4, -0.2) is 0 Å². The zero-order valence-electron chi connectivity index (χ0n) is 11.4. The van der Waals surface area contributed by atoms with Gasteiger partial charge in [0.25, 0.3) is 0 Å². The number of hydrogen-bond donors (Lipinski definition) is 0. The van der Waals surface area contributed by atoms with Crippen LogP contribution in [0.15, 0.2) is 84.0 Å². The Morgan fingerprint density at radius 2 is 1.33 bits per heavy atom. The molecular weight excluding hydrogens is 311 g/mol. The molecule has 0 unspecified atom stereocenters. The molecule has 0 atom stereocenters. The minimum absolute atomic E-state index is 1.24. The summed E-state index contributed by atoms with van der Waals surface area (Å²) in [6.07, 6.45) is 2.17. The topological polar surface area (TPSA) is 0 Å². The van der Waals surface area contributed by atoms with Gasteiger partial charge in [0.1, 0.15) is 0 Å². The quantitative estimate of drug-likeness (QED) is 0.618. The first-order valence-corrected chi connectivity index (χ1v) is 10.5. The van der Waals surface area contributed by atoms with E-state index in [2.05, 4.69) is 77.9 Å². The zero-order valence-corrected chi connectivity index (χ0v) is 14.0. The first-order chi connectivity index (χ1) is 10.3. The molecule has 0 aliphatic carbocycles. The van der Waals surface area contributed by atoms with E-state index in [1.54, 1.807) is 11.3 Å². The minimum Gasteiger partial charge on any atom is -0.144 e. The molecule has 1 heterocycles. The summed E-state index contributed by atoms with van der Waals surface area (Å²) in [5.74, 6) is 2.23. The molecule has 3 rings (SSSR count). The van der Waals surface area contributed by atoms with Gasteiger partial charge in [0.15, 0.2) is 0 Å². The summed E-state index contributed by atoms with van der Waals surface area (Å²) in [5, 5.41) is 4.56. The molecule has 0 N–H and O–H groups in total. The van der Waals surface area contributed by atoms with Crippen molar-refractivity contribution in [2.75, 3.05) is 0 Å². The Bertz CT molecular complexity index is 716. The second kappa shape index (κ2) is 6.53. The lowest BCUT2D eigenvalue weighted by Crippen LogP contribution is -2.13. The molecule has 0 spiro atoms. The van der Waals surface area contributed by atoms with Crippen LogP contribution in [-0.2, 0) is 11.8 Å². The molecular formula is C18H15PS2. The summed E-state index contributed by atoms with van der Waals surface area (Å²) in [7, 11) is 0. The van der Waals surface area contributed by atoms with Crippen molar-refractivity contribution in [3.8, 4) is 0 Å². The van der Waals surface area contributed by atoms with E-state index in [1.165, 1.54) is 15.5 Å². The Morgan fingerprint density at radius 3 is 1.81 bits per heavy atom. The van der Waals surface area contributed by atoms with Crippen molar-refractivity contribution >= 4 is 45.9 Å². The van der Waals surface area contributed by atoms with Crippen molar-refractivity contribution in [3.63, 3.8) is 0 Å². The third-order valence-corrected chi connectivity index (χ3v) is 8.44. The molecule has 0 saturated heterocycles. The highest BCUT2D eigenvalue weighted by Gasteiger charge is 2.18. The Labute approximate surface area is 134 Å². The summed E-state index contributed by atoms with van der Waals surface area (Å²) in [5.41, 5.74) is 0. The molecule has 0 aliphatic heterocycles. The lowest BCUT2D eigenvalue weighted by atomic mass is 10.4. The van der Waals surface area contributed by atoms with Crippen LogP contribution in [0.2, 0.25) is 0 Å². The van der Waals surface area contributed by atoms with Crippen LogP contribution in [0.4, 0.5) is 0 Å². The second-order valence-electron chi connectivity index (χ2n) is 4.66. The third kappa shape index (κ3) is 3.24. The van der Waals surface area contributed by atoms with Crippen molar-refractivity contribution in [1.29, 1.82) is 0 Å². The zero-order chi connectivity index (χ0) is 14.5. The SMILES string of the molecule is S=P(/C=C/c1cccs1)(c1ccccc1)c1ccccc1. The summed E-state index contributed by atoms with van der Waals surface area (Å²) in [6.45, 7) is 0. The van der Waals surface area contributed by atoms with Crippen molar-refractivity contribution in [3.05, 3.63) is 88.9 Å². The van der Waals surface area contributed by atoms with E-state index < -0.39 is 6.04 Å². The second-order valence-corrected chi connectivity index (χ2v) is 10.0. The number of thiophene rings is 1. The van der Waals surface area contributed by atoms with Gasteiger partial charge < -0.3 is 0 Å². The van der Waals surface area contributed by atoms with Gasteiger partial charge in [0.2, 0.25) is 0 Å². The van der Waals surface area contributed by atoms with Crippen molar-refractivity contribution in [2.45, 2.75) is 0 Å². The number of rotatable bonds is 4. The monoisotopic (exact) mass is 326 g/mol. The van der Waals surface area contributed by atoms with Crippen LogP contribution in [0.3, 0.4) is 0 Å². The molecule has 3 heteroatoms. The van der Waals surface area contributed by atoms with Crippen molar-refractivity contribution in [1.82, 2.24) is 0 Å². The maximum absolute atomic E-state index is 6.14. The molecule has 0 radical (unpaired) electrons. The molecule has 21 heavy (non-hydrogen) atoms. The van der Waals surface area contributed by atoms with Gasteiger partial charge in [-0.1, -0.05) is 78.5 Å². The minimum atomic E-state index is -1.91. The van der Waals surface area contributed by atoms with Crippen LogP contribution >= 0.6 is 17.4 Å². The smallest absolute Gasteiger partial charge is 0.0310 e. The third-order valence-electron chi connectivity index (χ3n) is 3.27. The van der Waals surface area contributed by atoms with Gasteiger partial charge in [-0.3, -0.25) is 0 Å². The first-order valence-electron chi connectivity index (χ1n) is 6.73. The molecule has 3 aromatic rings. The molecule has 0 nitrogen and oxygen atoms in total. The average molecular weight is 326 g/mol. The summed E-state index contributed by atoms with van der Waals surface area (Å²) >= 11 is 7.88. The van der Waals surface area contributed by atoms with Gasteiger partial charge in [-0.15, -0.1) is 11.3 Å². The Balaban J connectivity index is 2.10. The predicted octanol–water partition coefficient (Wildman–Crippen LogP) is 4.85. The van der Waals surface area contributed by atoms with Crippen molar-refractivity contribution in [2.24, 2.45) is 0 Å². The van der Waals surface area contributed by atoms with E-state index >= 15 is 0 Å². The standard InChI is InChI=1S/C18H15PS2/c20-19(16-8-3-1-4-9-16,17-10-5-2-6-11-17)14-13-18-12-7-15-21-18/h1-15H/b14-13+. The summed E-state index contributed by atoms with van der Waals surface area (Å²) in [6, 6.07) is 23.2. The van der Waals surface area contributed by atoms with Gasteiger partial charge in [-0.2, -0.15) is 0 Å². The summed E-state index contributed by atoms with van der Waals surface area (Å²) in [4.78, 5) is 1.25. The lowest BCUT2D eigenvalue weighted by Gasteiger charge is -2.19. The normalized spacial score (nSPS) is 11.8. The highest BCUT2D eigenvalue weighted by Crippen LogP contribution is 2.46. The van der Waals surface area contributed by atoms with Crippen LogP contribution in [0.25, 0.3) is 6.08 Å². The molecule has 2 aromatic carbocycles. The lowest BCUT2D eigenvalue weighted by molar-refractivity contribution is 1.75. The van der Waals surface area contributed by atoms with Gasteiger partial charge in [-0.25, -0.2) is 0 Å². The molecule has 0 fully saturated rings. The average Bonchev–Trinajstić information content (AvgIpc) is 3.08. The molecule has 0 saturated carbocycles. The Kier molecular flexibility index (Phi) is 4.50. The largest absolute Gasteiger partial charge is 0.144 e. The van der Waals surface area contributed by atoms with Gasteiger partial charge in [-0.05, 0) is 33.9 Å². The predicted molar refractivity (Wildman–Crippen MR) is 99.8 cm³/mol. The highest BCUT2D eigenvalue weighted by molar-refractivity contribution is 8.23. The summed E-state index contributed by atoms with van der Waals surface area (Å²) < 4.78 is 0. The van der Waals surface area contributed by atoms with E-state index in [0.29, 0.717) is 0 Å². The molecule has 1 aromatic heterocycles. The fraction of sp³-hybridized carbons (Fsp3) is 0. The highest BCUT2D eigenvalue weighted by atomic mass is 32.4. The maximum Gasteiger partial charge on any atom is 0.0310 e. The molecule has 0 bridgehead atoms. The molecule has 0 aliphatic rings. The van der Waals surface area contributed by atoms with E-state index in [1.807, 2.05) is 12.1 Å². The fourth-order valence-electron chi connectivity index (χ4n) is 2.18. The van der Waals surface area contributed by atoms with Crippen molar-refractivity contribution < 1.29 is 0 Å². The van der Waals surface area contributed by atoms with Crippen LogP contribution in [0.1, 0.15) is 4.88 Å². The van der Waals surface area contributed by atoms with Gasteiger partial charge >= 0.3 is 0 Å². The fourth-order valence-corrected chi connectivity index (χ4v) is 6.06. The van der Waals surface area contributed by atoms with E-state index in [4.69, 9.17) is 11.8 Å². The molecule has 104 valence electrons.